The van der Waals surface area contributed by atoms with Crippen molar-refractivity contribution in [2.24, 2.45) is 0 Å². The molecule has 11 N–H and O–H groups in total. The molecule has 232 valence electrons. The second-order valence-corrected chi connectivity index (χ2v) is 9.81. The van der Waals surface area contributed by atoms with E-state index in [0.29, 0.717) is 0 Å². The number of rotatable bonds is 9. The van der Waals surface area contributed by atoms with Crippen LogP contribution in [0.4, 0.5) is 0 Å². The molecular weight excluding hydrogens is 548 g/mol. The summed E-state index contributed by atoms with van der Waals surface area (Å²) >= 11 is 0. The van der Waals surface area contributed by atoms with E-state index >= 15 is 0 Å². The van der Waals surface area contributed by atoms with Gasteiger partial charge in [-0.3, -0.25) is 9.59 Å². The van der Waals surface area contributed by atoms with Gasteiger partial charge in [-0.15, -0.1) is 0 Å². The Labute approximate surface area is 228 Å². The molecular formula is C22H38N2O16. The second kappa shape index (κ2) is 14.0. The zero-order valence-corrected chi connectivity index (χ0v) is 21.7. The predicted molar refractivity (Wildman–Crippen MR) is 124 cm³/mol. The number of nitrogens with one attached hydrogen (secondary N) is 2. The molecule has 0 aromatic rings. The van der Waals surface area contributed by atoms with Crippen LogP contribution >= 0.6 is 0 Å². The van der Waals surface area contributed by atoms with Crippen LogP contribution in [0.2, 0.25) is 0 Å². The Morgan fingerprint density at radius 2 is 0.975 bits per heavy atom. The second-order valence-electron chi connectivity index (χ2n) is 9.81. The van der Waals surface area contributed by atoms with E-state index < -0.39 is 124 Å². The fourth-order valence-corrected chi connectivity index (χ4v) is 4.84. The Balaban J connectivity index is 1.94. The number of carbonyl (C=O) groups excluding carboxylic acids is 2. The van der Waals surface area contributed by atoms with Gasteiger partial charge in [0.15, 0.2) is 18.9 Å². The number of aliphatic hydroxyl groups is 9. The third kappa shape index (κ3) is 7.05. The Hall–Kier alpha value is -1.62. The molecule has 1 unspecified atom stereocenters. The number of carbonyl (C=O) groups is 2. The average Bonchev–Trinajstić information content (AvgIpc) is 2.90. The molecule has 0 radical (unpaired) electrons. The fraction of sp³-hybridized carbons (Fsp3) is 0.909. The summed E-state index contributed by atoms with van der Waals surface area (Å²) in [6.45, 7) is -0.151. The molecule has 0 saturated carbocycles. The first-order valence-corrected chi connectivity index (χ1v) is 12.6. The van der Waals surface area contributed by atoms with Crippen LogP contribution in [0.15, 0.2) is 0 Å². The molecule has 3 aliphatic heterocycles. The lowest BCUT2D eigenvalue weighted by Crippen LogP contribution is -2.69. The third-order valence-electron chi connectivity index (χ3n) is 6.90. The van der Waals surface area contributed by atoms with Crippen molar-refractivity contribution in [2.45, 2.75) is 106 Å². The molecule has 18 heteroatoms. The average molecular weight is 587 g/mol. The van der Waals surface area contributed by atoms with Crippen molar-refractivity contribution >= 4 is 11.8 Å². The number of hydrogen-bond donors (Lipinski definition) is 11. The van der Waals surface area contributed by atoms with E-state index in [-0.39, 0.29) is 0 Å². The number of hydrogen-bond acceptors (Lipinski definition) is 16. The molecule has 2 amide bonds. The highest BCUT2D eigenvalue weighted by Crippen LogP contribution is 2.32. The van der Waals surface area contributed by atoms with E-state index in [9.17, 15) is 55.5 Å². The van der Waals surface area contributed by atoms with Crippen molar-refractivity contribution in [3.8, 4) is 0 Å². The van der Waals surface area contributed by atoms with Gasteiger partial charge in [-0.25, -0.2) is 0 Å². The summed E-state index contributed by atoms with van der Waals surface area (Å²) in [5.74, 6) is -1.33. The van der Waals surface area contributed by atoms with E-state index in [1.54, 1.807) is 0 Å². The molecule has 0 bridgehead atoms. The maximum atomic E-state index is 11.8. The quantitative estimate of drug-likeness (QED) is 0.120. The van der Waals surface area contributed by atoms with Crippen molar-refractivity contribution in [3.05, 3.63) is 0 Å². The first-order chi connectivity index (χ1) is 18.8. The van der Waals surface area contributed by atoms with Crippen molar-refractivity contribution in [3.63, 3.8) is 0 Å². The molecule has 0 spiro atoms. The van der Waals surface area contributed by atoms with E-state index in [0.717, 1.165) is 13.8 Å². The third-order valence-corrected chi connectivity index (χ3v) is 6.90. The van der Waals surface area contributed by atoms with Crippen LogP contribution in [0.3, 0.4) is 0 Å². The van der Waals surface area contributed by atoms with Gasteiger partial charge < -0.3 is 80.3 Å². The topological polar surface area (TPSA) is 286 Å². The molecule has 0 aromatic heterocycles. The lowest BCUT2D eigenvalue weighted by atomic mass is 9.94. The van der Waals surface area contributed by atoms with Gasteiger partial charge in [-0.05, 0) is 0 Å². The summed E-state index contributed by atoms with van der Waals surface area (Å²) in [6.07, 6.45) is -21.5. The van der Waals surface area contributed by atoms with E-state index in [1.807, 2.05) is 0 Å². The van der Waals surface area contributed by atoms with Crippen LogP contribution in [-0.2, 0) is 33.3 Å². The molecule has 18 nitrogen and oxygen atoms in total. The van der Waals surface area contributed by atoms with Crippen LogP contribution in [0.25, 0.3) is 0 Å². The minimum absolute atomic E-state index is 0.666. The molecule has 0 aromatic carbocycles. The first-order valence-electron chi connectivity index (χ1n) is 12.6. The Bertz CT molecular complexity index is 854. The van der Waals surface area contributed by atoms with Gasteiger partial charge in [-0.1, -0.05) is 0 Å². The van der Waals surface area contributed by atoms with Crippen LogP contribution in [0.5, 0.6) is 0 Å². The summed E-state index contributed by atoms with van der Waals surface area (Å²) in [6, 6.07) is -2.91. The van der Waals surface area contributed by atoms with Crippen LogP contribution < -0.4 is 10.6 Å². The molecule has 3 aliphatic rings. The van der Waals surface area contributed by atoms with Crippen LogP contribution in [-0.4, -0.2) is 170 Å². The minimum Gasteiger partial charge on any atom is -0.394 e. The maximum absolute atomic E-state index is 11.8. The smallest absolute Gasteiger partial charge is 0.217 e. The van der Waals surface area contributed by atoms with Gasteiger partial charge in [0, 0.05) is 13.8 Å². The standard InChI is InChI=1S/C22H38N2O16/c1-6(28)23-11-16(33)13(30)8(3-25)37-21(11)39-18-15(32)10(5-27)36-20(35)19(18)40-22-12(24-7(2)29)17(34)14(31)9(4-26)38-22/h8-22,25-27,30-35H,3-5H2,1-2H3,(H,23,28)(H,24,29)/t8-,9-,10-,11-,12-,13-,14-,15-,16-,17-,18+,19+,20?,21+,22+/m1/s1. The van der Waals surface area contributed by atoms with Crippen molar-refractivity contribution in [1.82, 2.24) is 10.6 Å². The predicted octanol–water partition coefficient (Wildman–Crippen LogP) is -7.29. The Kier molecular flexibility index (Phi) is 11.5. The van der Waals surface area contributed by atoms with E-state index in [2.05, 4.69) is 10.6 Å². The van der Waals surface area contributed by atoms with Gasteiger partial charge >= 0.3 is 0 Å². The van der Waals surface area contributed by atoms with Crippen LogP contribution in [0, 0.1) is 0 Å². The first kappa shape index (κ1) is 32.9. The minimum atomic E-state index is -1.96. The lowest BCUT2D eigenvalue weighted by molar-refractivity contribution is -0.374. The molecule has 3 rings (SSSR count). The van der Waals surface area contributed by atoms with Gasteiger partial charge in [0.2, 0.25) is 11.8 Å². The molecule has 3 heterocycles. The van der Waals surface area contributed by atoms with E-state index in [4.69, 9.17) is 23.7 Å². The zero-order valence-electron chi connectivity index (χ0n) is 21.7. The lowest BCUT2D eigenvalue weighted by Gasteiger charge is -2.49. The molecule has 0 aliphatic carbocycles. The summed E-state index contributed by atoms with van der Waals surface area (Å²) in [7, 11) is 0. The van der Waals surface area contributed by atoms with E-state index in [1.165, 1.54) is 0 Å². The maximum Gasteiger partial charge on any atom is 0.217 e. The molecule has 15 atom stereocenters. The normalized spacial score (nSPS) is 46.0. The van der Waals surface area contributed by atoms with Gasteiger partial charge in [0.05, 0.1) is 19.8 Å². The highest BCUT2D eigenvalue weighted by Gasteiger charge is 2.54. The highest BCUT2D eigenvalue weighted by atomic mass is 16.8. The summed E-state index contributed by atoms with van der Waals surface area (Å²) in [5, 5.41) is 96.8. The summed E-state index contributed by atoms with van der Waals surface area (Å²) in [5.41, 5.74) is 0. The summed E-state index contributed by atoms with van der Waals surface area (Å²) in [4.78, 5) is 23.6. The molecule has 3 saturated heterocycles. The SMILES string of the molecule is CC(=O)N[C@H]1[C@H](O[C@H]2[C@H](O)[C@@H](CO)OC(O)[C@H]2O[C@@H]2O[C@H](CO)[C@@H](O)[C@H](O)[C@H]2NC(C)=O)O[C@H](CO)[C@@H](O)[C@@H]1O. The molecule has 40 heavy (non-hydrogen) atoms. The fourth-order valence-electron chi connectivity index (χ4n) is 4.84. The highest BCUT2D eigenvalue weighted by molar-refractivity contribution is 5.73. The summed E-state index contributed by atoms with van der Waals surface area (Å²) < 4.78 is 27.9. The van der Waals surface area contributed by atoms with Crippen LogP contribution in [0.1, 0.15) is 13.8 Å². The van der Waals surface area contributed by atoms with Crippen molar-refractivity contribution in [2.75, 3.05) is 19.8 Å². The largest absolute Gasteiger partial charge is 0.394 e. The number of ether oxygens (including phenoxy) is 5. The number of amides is 2. The van der Waals surface area contributed by atoms with Crippen molar-refractivity contribution in [1.29, 1.82) is 0 Å². The molecule has 3 fully saturated rings. The monoisotopic (exact) mass is 586 g/mol. The van der Waals surface area contributed by atoms with Gasteiger partial charge in [-0.2, -0.15) is 0 Å². The van der Waals surface area contributed by atoms with Gasteiger partial charge in [0.25, 0.3) is 0 Å². The Morgan fingerprint density at radius 1 is 0.600 bits per heavy atom. The zero-order chi connectivity index (χ0) is 29.9. The Morgan fingerprint density at radius 3 is 1.35 bits per heavy atom. The van der Waals surface area contributed by atoms with Gasteiger partial charge in [0.1, 0.15) is 73.1 Å². The van der Waals surface area contributed by atoms with Crippen molar-refractivity contribution < 1.29 is 79.2 Å². The number of aliphatic hydroxyl groups excluding tert-OH is 9.